The summed E-state index contributed by atoms with van der Waals surface area (Å²) in [6.45, 7) is 3.28. The van der Waals surface area contributed by atoms with Gasteiger partial charge in [-0.25, -0.2) is 4.98 Å². The Bertz CT molecular complexity index is 782. The number of halogens is 1. The SMILES string of the molecule is CCOc1ccc2c(c1)nc(N)n2Cc1ccccc1Br. The van der Waals surface area contributed by atoms with E-state index < -0.39 is 0 Å². The van der Waals surface area contributed by atoms with E-state index >= 15 is 0 Å². The molecule has 0 saturated carbocycles. The normalized spacial score (nSPS) is 11.0. The number of anilines is 1. The maximum atomic E-state index is 6.07. The quantitative estimate of drug-likeness (QED) is 0.781. The molecule has 0 aliphatic heterocycles. The lowest BCUT2D eigenvalue weighted by Crippen LogP contribution is -2.05. The summed E-state index contributed by atoms with van der Waals surface area (Å²) in [5.41, 5.74) is 9.09. The van der Waals surface area contributed by atoms with Gasteiger partial charge in [0.2, 0.25) is 5.95 Å². The van der Waals surface area contributed by atoms with Gasteiger partial charge in [0.1, 0.15) is 5.75 Å². The van der Waals surface area contributed by atoms with Gasteiger partial charge >= 0.3 is 0 Å². The number of rotatable bonds is 4. The number of nitrogens with two attached hydrogens (primary N) is 1. The van der Waals surface area contributed by atoms with Crippen LogP contribution < -0.4 is 10.5 Å². The molecule has 5 heteroatoms. The number of nitrogen functional groups attached to an aromatic ring is 1. The third-order valence-corrected chi connectivity index (χ3v) is 4.12. The van der Waals surface area contributed by atoms with Crippen molar-refractivity contribution in [3.8, 4) is 5.75 Å². The van der Waals surface area contributed by atoms with Crippen LogP contribution in [0.4, 0.5) is 5.95 Å². The highest BCUT2D eigenvalue weighted by molar-refractivity contribution is 9.10. The maximum Gasteiger partial charge on any atom is 0.201 e. The zero-order valence-electron chi connectivity index (χ0n) is 11.7. The summed E-state index contributed by atoms with van der Waals surface area (Å²) in [5, 5.41) is 0. The summed E-state index contributed by atoms with van der Waals surface area (Å²) in [5.74, 6) is 1.32. The first-order chi connectivity index (χ1) is 10.2. The second-order valence-corrected chi connectivity index (χ2v) is 5.59. The monoisotopic (exact) mass is 345 g/mol. The van der Waals surface area contributed by atoms with Gasteiger partial charge in [0.25, 0.3) is 0 Å². The molecule has 0 aliphatic rings. The Morgan fingerprint density at radius 3 is 2.81 bits per heavy atom. The molecule has 4 nitrogen and oxygen atoms in total. The van der Waals surface area contributed by atoms with Crippen LogP contribution in [-0.2, 0) is 6.54 Å². The van der Waals surface area contributed by atoms with Gasteiger partial charge in [-0.05, 0) is 30.7 Å². The van der Waals surface area contributed by atoms with Gasteiger partial charge in [0, 0.05) is 10.5 Å². The van der Waals surface area contributed by atoms with Crippen LogP contribution in [0.15, 0.2) is 46.9 Å². The van der Waals surface area contributed by atoms with Crippen LogP contribution in [0.2, 0.25) is 0 Å². The summed E-state index contributed by atoms with van der Waals surface area (Å²) < 4.78 is 8.57. The molecule has 21 heavy (non-hydrogen) atoms. The molecule has 0 saturated heterocycles. The van der Waals surface area contributed by atoms with Crippen molar-refractivity contribution in [2.75, 3.05) is 12.3 Å². The molecular formula is C16H16BrN3O. The van der Waals surface area contributed by atoms with Crippen LogP contribution in [0.1, 0.15) is 12.5 Å². The van der Waals surface area contributed by atoms with Crippen molar-refractivity contribution >= 4 is 32.9 Å². The molecule has 0 atom stereocenters. The van der Waals surface area contributed by atoms with Crippen LogP contribution >= 0.6 is 15.9 Å². The number of ether oxygens (including phenoxy) is 1. The lowest BCUT2D eigenvalue weighted by atomic mass is 10.2. The van der Waals surface area contributed by atoms with Crippen LogP contribution in [-0.4, -0.2) is 16.2 Å². The predicted octanol–water partition coefficient (Wildman–Crippen LogP) is 3.83. The minimum Gasteiger partial charge on any atom is -0.494 e. The zero-order valence-corrected chi connectivity index (χ0v) is 13.3. The average Bonchev–Trinajstić information content (AvgIpc) is 2.77. The Morgan fingerprint density at radius 2 is 2.05 bits per heavy atom. The molecule has 0 radical (unpaired) electrons. The number of hydrogen-bond donors (Lipinski definition) is 1. The number of hydrogen-bond acceptors (Lipinski definition) is 3. The molecule has 0 amide bonds. The zero-order chi connectivity index (χ0) is 14.8. The van der Waals surface area contributed by atoms with Gasteiger partial charge < -0.3 is 15.0 Å². The van der Waals surface area contributed by atoms with Crippen molar-refractivity contribution in [2.45, 2.75) is 13.5 Å². The minimum atomic E-state index is 0.509. The first-order valence-corrected chi connectivity index (χ1v) is 7.60. The topological polar surface area (TPSA) is 53.1 Å². The Balaban J connectivity index is 2.02. The molecule has 1 heterocycles. The third kappa shape index (κ3) is 2.74. The molecular weight excluding hydrogens is 330 g/mol. The summed E-state index contributed by atoms with van der Waals surface area (Å²) in [7, 11) is 0. The lowest BCUT2D eigenvalue weighted by Gasteiger charge is -2.09. The van der Waals surface area contributed by atoms with Crippen molar-refractivity contribution < 1.29 is 4.74 Å². The smallest absolute Gasteiger partial charge is 0.201 e. The standard InChI is InChI=1S/C16H16BrN3O/c1-2-21-12-7-8-15-14(9-12)19-16(18)20(15)10-11-5-3-4-6-13(11)17/h3-9H,2,10H2,1H3,(H2,18,19). The average molecular weight is 346 g/mol. The molecule has 0 spiro atoms. The highest BCUT2D eigenvalue weighted by Gasteiger charge is 2.10. The largest absolute Gasteiger partial charge is 0.494 e. The molecule has 2 N–H and O–H groups in total. The molecule has 108 valence electrons. The van der Waals surface area contributed by atoms with E-state index in [4.69, 9.17) is 10.5 Å². The van der Waals surface area contributed by atoms with Crippen LogP contribution in [0.3, 0.4) is 0 Å². The van der Waals surface area contributed by atoms with Gasteiger partial charge in [-0.3, -0.25) is 0 Å². The molecule has 2 aromatic carbocycles. The summed E-state index contributed by atoms with van der Waals surface area (Å²) >= 11 is 3.57. The Labute approximate surface area is 131 Å². The van der Waals surface area contributed by atoms with Crippen molar-refractivity contribution in [1.82, 2.24) is 9.55 Å². The van der Waals surface area contributed by atoms with Gasteiger partial charge in [-0.2, -0.15) is 0 Å². The molecule has 1 aromatic heterocycles. The van der Waals surface area contributed by atoms with Gasteiger partial charge in [0.15, 0.2) is 0 Å². The highest BCUT2D eigenvalue weighted by Crippen LogP contribution is 2.25. The molecule has 3 aromatic rings. The second kappa shape index (κ2) is 5.77. The van der Waals surface area contributed by atoms with E-state index in [2.05, 4.69) is 27.0 Å². The van der Waals surface area contributed by atoms with E-state index in [0.717, 1.165) is 26.8 Å². The Hall–Kier alpha value is -2.01. The molecule has 0 unspecified atom stereocenters. The van der Waals surface area contributed by atoms with Gasteiger partial charge in [-0.1, -0.05) is 34.1 Å². The van der Waals surface area contributed by atoms with E-state index in [9.17, 15) is 0 Å². The van der Waals surface area contributed by atoms with Crippen molar-refractivity contribution in [3.05, 3.63) is 52.5 Å². The summed E-state index contributed by atoms with van der Waals surface area (Å²) in [4.78, 5) is 4.43. The number of fused-ring (bicyclic) bond motifs is 1. The highest BCUT2D eigenvalue weighted by atomic mass is 79.9. The number of imidazole rings is 1. The second-order valence-electron chi connectivity index (χ2n) is 4.73. The van der Waals surface area contributed by atoms with Crippen molar-refractivity contribution in [3.63, 3.8) is 0 Å². The van der Waals surface area contributed by atoms with E-state index in [1.165, 1.54) is 0 Å². The van der Waals surface area contributed by atoms with E-state index in [-0.39, 0.29) is 0 Å². The fourth-order valence-corrected chi connectivity index (χ4v) is 2.76. The Kier molecular flexibility index (Phi) is 3.84. The first kappa shape index (κ1) is 13.9. The van der Waals surface area contributed by atoms with Crippen molar-refractivity contribution in [1.29, 1.82) is 0 Å². The van der Waals surface area contributed by atoms with Crippen LogP contribution in [0.5, 0.6) is 5.75 Å². The molecule has 0 aliphatic carbocycles. The van der Waals surface area contributed by atoms with Crippen LogP contribution in [0.25, 0.3) is 11.0 Å². The first-order valence-electron chi connectivity index (χ1n) is 6.81. The van der Waals surface area contributed by atoms with E-state index in [0.29, 0.717) is 19.1 Å². The van der Waals surface area contributed by atoms with Crippen molar-refractivity contribution in [2.24, 2.45) is 0 Å². The number of nitrogens with zero attached hydrogens (tertiary/aromatic N) is 2. The minimum absolute atomic E-state index is 0.509. The van der Waals surface area contributed by atoms with E-state index in [1.807, 2.05) is 47.9 Å². The van der Waals surface area contributed by atoms with Crippen LogP contribution in [0, 0.1) is 0 Å². The summed E-state index contributed by atoms with van der Waals surface area (Å²) in [6.07, 6.45) is 0. The van der Waals surface area contributed by atoms with Gasteiger partial charge in [-0.15, -0.1) is 0 Å². The number of benzene rings is 2. The lowest BCUT2D eigenvalue weighted by molar-refractivity contribution is 0.340. The maximum absolute atomic E-state index is 6.07. The molecule has 3 rings (SSSR count). The molecule has 0 fully saturated rings. The number of aromatic nitrogens is 2. The van der Waals surface area contributed by atoms with Gasteiger partial charge in [0.05, 0.1) is 24.2 Å². The molecule has 0 bridgehead atoms. The fourth-order valence-electron chi connectivity index (χ4n) is 2.35. The Morgan fingerprint density at radius 1 is 1.24 bits per heavy atom. The third-order valence-electron chi connectivity index (χ3n) is 3.35. The predicted molar refractivity (Wildman–Crippen MR) is 88.6 cm³/mol. The van der Waals surface area contributed by atoms with E-state index in [1.54, 1.807) is 0 Å². The summed E-state index contributed by atoms with van der Waals surface area (Å²) in [6, 6.07) is 14.0. The fraction of sp³-hybridized carbons (Fsp3) is 0.188.